The van der Waals surface area contributed by atoms with E-state index < -0.39 is 0 Å². The lowest BCUT2D eigenvalue weighted by Crippen LogP contribution is -2.19. The SMILES string of the molecule is CN(Cc1ccccc1)c1nccc(Nc2cccc(Cl)c2Cl)n1. The number of rotatable bonds is 5. The van der Waals surface area contributed by atoms with Crippen LogP contribution in [-0.2, 0) is 6.54 Å². The molecule has 3 rings (SSSR count). The van der Waals surface area contributed by atoms with Gasteiger partial charge in [-0.25, -0.2) is 4.98 Å². The number of hydrogen-bond acceptors (Lipinski definition) is 4. The minimum Gasteiger partial charge on any atom is -0.339 e. The van der Waals surface area contributed by atoms with Crippen molar-refractivity contribution in [1.29, 1.82) is 0 Å². The Morgan fingerprint density at radius 3 is 2.58 bits per heavy atom. The fourth-order valence-corrected chi connectivity index (χ4v) is 2.62. The minimum atomic E-state index is 0.469. The van der Waals surface area contributed by atoms with E-state index in [4.69, 9.17) is 23.2 Å². The molecule has 0 bridgehead atoms. The quantitative estimate of drug-likeness (QED) is 0.683. The largest absolute Gasteiger partial charge is 0.339 e. The lowest BCUT2D eigenvalue weighted by atomic mass is 10.2. The molecule has 0 saturated carbocycles. The van der Waals surface area contributed by atoms with Gasteiger partial charge < -0.3 is 10.2 Å². The zero-order valence-corrected chi connectivity index (χ0v) is 14.6. The van der Waals surface area contributed by atoms with E-state index in [0.29, 0.717) is 27.5 Å². The van der Waals surface area contributed by atoms with Crippen LogP contribution in [0.3, 0.4) is 0 Å². The van der Waals surface area contributed by atoms with Gasteiger partial charge in [0.15, 0.2) is 0 Å². The van der Waals surface area contributed by atoms with Gasteiger partial charge >= 0.3 is 0 Å². The summed E-state index contributed by atoms with van der Waals surface area (Å²) in [5.74, 6) is 1.28. The molecule has 4 nitrogen and oxygen atoms in total. The van der Waals surface area contributed by atoms with E-state index in [1.807, 2.05) is 42.3 Å². The van der Waals surface area contributed by atoms with Crippen LogP contribution in [-0.4, -0.2) is 17.0 Å². The minimum absolute atomic E-state index is 0.469. The highest BCUT2D eigenvalue weighted by Gasteiger charge is 2.09. The first-order valence-corrected chi connectivity index (χ1v) is 8.18. The van der Waals surface area contributed by atoms with Gasteiger partial charge in [-0.15, -0.1) is 0 Å². The summed E-state index contributed by atoms with van der Waals surface area (Å²) in [7, 11) is 1.96. The van der Waals surface area contributed by atoms with E-state index in [9.17, 15) is 0 Å². The average molecular weight is 359 g/mol. The Morgan fingerprint density at radius 1 is 1.00 bits per heavy atom. The smallest absolute Gasteiger partial charge is 0.227 e. The third-order valence-corrected chi connectivity index (χ3v) is 4.28. The van der Waals surface area contributed by atoms with Gasteiger partial charge in [0.25, 0.3) is 0 Å². The van der Waals surface area contributed by atoms with Crippen molar-refractivity contribution in [1.82, 2.24) is 9.97 Å². The maximum Gasteiger partial charge on any atom is 0.227 e. The topological polar surface area (TPSA) is 41.1 Å². The zero-order chi connectivity index (χ0) is 16.9. The van der Waals surface area contributed by atoms with Crippen LogP contribution in [0.1, 0.15) is 5.56 Å². The van der Waals surface area contributed by atoms with Gasteiger partial charge in [-0.3, -0.25) is 0 Å². The van der Waals surface area contributed by atoms with Crippen molar-refractivity contribution in [3.8, 4) is 0 Å². The molecule has 0 aliphatic heterocycles. The summed E-state index contributed by atoms with van der Waals surface area (Å²) in [6, 6.07) is 17.4. The second kappa shape index (κ2) is 7.51. The Hall–Kier alpha value is -2.30. The first-order chi connectivity index (χ1) is 11.6. The number of nitrogens with one attached hydrogen (secondary N) is 1. The van der Waals surface area contributed by atoms with E-state index in [1.165, 1.54) is 5.56 Å². The van der Waals surface area contributed by atoms with Crippen LogP contribution in [0.2, 0.25) is 10.0 Å². The molecule has 3 aromatic rings. The summed E-state index contributed by atoms with van der Waals surface area (Å²) in [6.45, 7) is 0.724. The van der Waals surface area contributed by atoms with E-state index in [-0.39, 0.29) is 0 Å². The van der Waals surface area contributed by atoms with Crippen molar-refractivity contribution >= 4 is 40.7 Å². The fraction of sp³-hybridized carbons (Fsp3) is 0.111. The molecule has 0 amide bonds. The van der Waals surface area contributed by atoms with E-state index in [1.54, 1.807) is 18.3 Å². The van der Waals surface area contributed by atoms with Gasteiger partial charge in [0, 0.05) is 19.8 Å². The molecule has 0 fully saturated rings. The Kier molecular flexibility index (Phi) is 5.18. The normalized spacial score (nSPS) is 10.5. The first-order valence-electron chi connectivity index (χ1n) is 7.42. The van der Waals surface area contributed by atoms with Crippen molar-refractivity contribution < 1.29 is 0 Å². The molecular weight excluding hydrogens is 343 g/mol. The number of benzene rings is 2. The summed E-state index contributed by atoms with van der Waals surface area (Å²) in [4.78, 5) is 10.9. The molecule has 0 aliphatic carbocycles. The molecule has 2 aromatic carbocycles. The molecule has 1 N–H and O–H groups in total. The highest BCUT2D eigenvalue weighted by Crippen LogP contribution is 2.31. The highest BCUT2D eigenvalue weighted by molar-refractivity contribution is 6.43. The Balaban J connectivity index is 1.77. The molecule has 1 heterocycles. The molecule has 0 aliphatic rings. The van der Waals surface area contributed by atoms with Gasteiger partial charge in [-0.1, -0.05) is 59.6 Å². The molecule has 1 aromatic heterocycles. The molecule has 6 heteroatoms. The Labute approximate surface area is 151 Å². The first kappa shape index (κ1) is 16.6. The van der Waals surface area contributed by atoms with Crippen LogP contribution in [0.15, 0.2) is 60.8 Å². The van der Waals surface area contributed by atoms with Crippen LogP contribution >= 0.6 is 23.2 Å². The summed E-state index contributed by atoms with van der Waals surface area (Å²) in [5, 5.41) is 4.14. The summed E-state index contributed by atoms with van der Waals surface area (Å²) >= 11 is 12.2. The summed E-state index contributed by atoms with van der Waals surface area (Å²) in [5.41, 5.74) is 1.90. The molecule has 0 atom stereocenters. The van der Waals surface area contributed by atoms with Crippen molar-refractivity contribution in [3.05, 3.63) is 76.4 Å². The number of aromatic nitrogens is 2. The van der Waals surface area contributed by atoms with Crippen molar-refractivity contribution in [3.63, 3.8) is 0 Å². The molecule has 0 radical (unpaired) electrons. The maximum absolute atomic E-state index is 6.20. The van der Waals surface area contributed by atoms with Crippen LogP contribution in [0, 0.1) is 0 Å². The third kappa shape index (κ3) is 3.96. The zero-order valence-electron chi connectivity index (χ0n) is 13.1. The fourth-order valence-electron chi connectivity index (χ4n) is 2.27. The average Bonchev–Trinajstić information content (AvgIpc) is 2.60. The monoisotopic (exact) mass is 358 g/mol. The summed E-state index contributed by atoms with van der Waals surface area (Å²) < 4.78 is 0. The second-order valence-electron chi connectivity index (χ2n) is 5.31. The van der Waals surface area contributed by atoms with Crippen LogP contribution < -0.4 is 10.2 Å². The molecular formula is C18H16Cl2N4. The maximum atomic E-state index is 6.20. The van der Waals surface area contributed by atoms with Crippen LogP contribution in [0.25, 0.3) is 0 Å². The Morgan fingerprint density at radius 2 is 1.79 bits per heavy atom. The predicted octanol–water partition coefficient (Wildman–Crippen LogP) is 5.16. The summed E-state index contributed by atoms with van der Waals surface area (Å²) in [6.07, 6.45) is 1.71. The molecule has 122 valence electrons. The molecule has 0 spiro atoms. The van der Waals surface area contributed by atoms with E-state index in [2.05, 4.69) is 27.4 Å². The van der Waals surface area contributed by atoms with Gasteiger partial charge in [-0.05, 0) is 23.8 Å². The molecule has 0 unspecified atom stereocenters. The van der Waals surface area contributed by atoms with E-state index in [0.717, 1.165) is 6.54 Å². The lowest BCUT2D eigenvalue weighted by molar-refractivity contribution is 0.868. The van der Waals surface area contributed by atoms with E-state index >= 15 is 0 Å². The van der Waals surface area contributed by atoms with Crippen molar-refractivity contribution in [2.75, 3.05) is 17.3 Å². The van der Waals surface area contributed by atoms with Crippen molar-refractivity contribution in [2.45, 2.75) is 6.54 Å². The van der Waals surface area contributed by atoms with Gasteiger partial charge in [-0.2, -0.15) is 4.98 Å². The number of halogens is 2. The lowest BCUT2D eigenvalue weighted by Gasteiger charge is -2.18. The van der Waals surface area contributed by atoms with Gasteiger partial charge in [0.2, 0.25) is 5.95 Å². The van der Waals surface area contributed by atoms with Crippen LogP contribution in [0.5, 0.6) is 0 Å². The van der Waals surface area contributed by atoms with Crippen LogP contribution in [0.4, 0.5) is 17.5 Å². The highest BCUT2D eigenvalue weighted by atomic mass is 35.5. The predicted molar refractivity (Wildman–Crippen MR) is 100 cm³/mol. The molecule has 0 saturated heterocycles. The number of anilines is 3. The Bertz CT molecular complexity index is 824. The number of nitrogens with zero attached hydrogens (tertiary/aromatic N) is 3. The second-order valence-corrected chi connectivity index (χ2v) is 6.10. The van der Waals surface area contributed by atoms with Crippen molar-refractivity contribution in [2.24, 2.45) is 0 Å². The van der Waals surface area contributed by atoms with Gasteiger partial charge in [0.05, 0.1) is 15.7 Å². The molecule has 24 heavy (non-hydrogen) atoms. The standard InChI is InChI=1S/C18H16Cl2N4/c1-24(12-13-6-3-2-4-7-13)18-21-11-10-16(23-18)22-15-9-5-8-14(19)17(15)20/h2-11H,12H2,1H3,(H,21,22,23). The third-order valence-electron chi connectivity index (χ3n) is 3.46. The van der Waals surface area contributed by atoms with Gasteiger partial charge in [0.1, 0.15) is 5.82 Å². The number of hydrogen-bond donors (Lipinski definition) is 1.